The highest BCUT2D eigenvalue weighted by Gasteiger charge is 2.24. The van der Waals surface area contributed by atoms with E-state index in [2.05, 4.69) is 5.10 Å². The van der Waals surface area contributed by atoms with Gasteiger partial charge in [0.15, 0.2) is 0 Å². The Morgan fingerprint density at radius 2 is 2.21 bits per heavy atom. The van der Waals surface area contributed by atoms with Crippen LogP contribution in [0, 0.1) is 0 Å². The molecule has 0 atom stereocenters. The van der Waals surface area contributed by atoms with Crippen molar-refractivity contribution < 1.29 is 18.3 Å². The van der Waals surface area contributed by atoms with Gasteiger partial charge in [0.2, 0.25) is 10.0 Å². The molecule has 19 heavy (non-hydrogen) atoms. The number of ether oxygens (including phenoxy) is 1. The van der Waals surface area contributed by atoms with Crippen molar-refractivity contribution in [3.8, 4) is 0 Å². The number of aliphatic hydroxyl groups is 1. The molecule has 0 aliphatic rings. The van der Waals surface area contributed by atoms with Gasteiger partial charge in [0.1, 0.15) is 4.90 Å². The van der Waals surface area contributed by atoms with Crippen LogP contribution >= 0.6 is 0 Å². The van der Waals surface area contributed by atoms with E-state index < -0.39 is 10.0 Å². The smallest absolute Gasteiger partial charge is 0.246 e. The second kappa shape index (κ2) is 7.59. The van der Waals surface area contributed by atoms with Crippen molar-refractivity contribution >= 4 is 10.0 Å². The van der Waals surface area contributed by atoms with Crippen LogP contribution in [-0.4, -0.2) is 60.5 Å². The molecule has 1 heterocycles. The zero-order valence-corrected chi connectivity index (χ0v) is 12.1. The number of hydrogen-bond acceptors (Lipinski definition) is 5. The number of aliphatic hydroxyl groups excluding tert-OH is 1. The standard InChI is InChI=1S/C11H21N3O4S/c1-3-14(6-8-18-4-2)19(16,17)11-9-12-13(10-11)5-7-15/h9-10,15H,3-8H2,1-2H3. The van der Waals surface area contributed by atoms with Gasteiger partial charge in [-0.15, -0.1) is 0 Å². The molecular formula is C11H21N3O4S. The van der Waals surface area contributed by atoms with Gasteiger partial charge in [-0.25, -0.2) is 8.42 Å². The largest absolute Gasteiger partial charge is 0.394 e. The molecule has 0 fully saturated rings. The lowest BCUT2D eigenvalue weighted by atomic mass is 10.6. The van der Waals surface area contributed by atoms with Crippen molar-refractivity contribution in [1.82, 2.24) is 14.1 Å². The Morgan fingerprint density at radius 1 is 1.47 bits per heavy atom. The van der Waals surface area contributed by atoms with E-state index in [9.17, 15) is 8.42 Å². The fourth-order valence-corrected chi connectivity index (χ4v) is 3.00. The fourth-order valence-electron chi connectivity index (χ4n) is 1.61. The molecule has 0 amide bonds. The van der Waals surface area contributed by atoms with E-state index in [-0.39, 0.29) is 18.0 Å². The lowest BCUT2D eigenvalue weighted by molar-refractivity contribution is 0.135. The molecule has 0 aliphatic heterocycles. The van der Waals surface area contributed by atoms with Crippen LogP contribution in [0.5, 0.6) is 0 Å². The average Bonchev–Trinajstić information content (AvgIpc) is 2.84. The Kier molecular flexibility index (Phi) is 6.43. The van der Waals surface area contributed by atoms with Gasteiger partial charge in [-0.3, -0.25) is 4.68 Å². The summed E-state index contributed by atoms with van der Waals surface area (Å²) in [5, 5.41) is 12.7. The molecule has 0 aliphatic carbocycles. The molecule has 7 nitrogen and oxygen atoms in total. The molecule has 8 heteroatoms. The molecule has 0 saturated heterocycles. The van der Waals surface area contributed by atoms with Crippen LogP contribution in [0.2, 0.25) is 0 Å². The number of sulfonamides is 1. The molecule has 0 unspecified atom stereocenters. The van der Waals surface area contributed by atoms with Crippen molar-refractivity contribution in [2.24, 2.45) is 0 Å². The third-order valence-corrected chi connectivity index (χ3v) is 4.55. The lowest BCUT2D eigenvalue weighted by Crippen LogP contribution is -2.33. The molecule has 1 aromatic rings. The van der Waals surface area contributed by atoms with Gasteiger partial charge < -0.3 is 9.84 Å². The number of nitrogens with zero attached hydrogens (tertiary/aromatic N) is 3. The first kappa shape index (κ1) is 16.1. The summed E-state index contributed by atoms with van der Waals surface area (Å²) in [6.07, 6.45) is 2.73. The van der Waals surface area contributed by atoms with Gasteiger partial charge in [-0.05, 0) is 6.92 Å². The minimum atomic E-state index is -3.54. The van der Waals surface area contributed by atoms with E-state index in [0.29, 0.717) is 26.3 Å². The van der Waals surface area contributed by atoms with Gasteiger partial charge in [0, 0.05) is 25.9 Å². The Balaban J connectivity index is 2.80. The van der Waals surface area contributed by atoms with Crippen LogP contribution in [0.3, 0.4) is 0 Å². The first-order valence-corrected chi connectivity index (χ1v) is 7.71. The number of likely N-dealkylation sites (N-methyl/N-ethyl adjacent to an activating group) is 1. The number of hydrogen-bond donors (Lipinski definition) is 1. The minimum Gasteiger partial charge on any atom is -0.394 e. The van der Waals surface area contributed by atoms with Crippen LogP contribution in [0.1, 0.15) is 13.8 Å². The zero-order chi connectivity index (χ0) is 14.3. The lowest BCUT2D eigenvalue weighted by Gasteiger charge is -2.19. The summed E-state index contributed by atoms with van der Waals surface area (Å²) in [7, 11) is -3.54. The van der Waals surface area contributed by atoms with E-state index in [1.807, 2.05) is 6.92 Å². The quantitative estimate of drug-likeness (QED) is 0.643. The molecular weight excluding hydrogens is 270 g/mol. The zero-order valence-electron chi connectivity index (χ0n) is 11.3. The van der Waals surface area contributed by atoms with Crippen LogP contribution in [0.4, 0.5) is 0 Å². The first-order chi connectivity index (χ1) is 9.06. The van der Waals surface area contributed by atoms with E-state index in [4.69, 9.17) is 9.84 Å². The molecule has 1 rings (SSSR count). The highest BCUT2D eigenvalue weighted by Crippen LogP contribution is 2.14. The van der Waals surface area contributed by atoms with E-state index in [1.165, 1.54) is 21.4 Å². The van der Waals surface area contributed by atoms with Gasteiger partial charge in [-0.1, -0.05) is 6.92 Å². The highest BCUT2D eigenvalue weighted by molar-refractivity contribution is 7.89. The first-order valence-electron chi connectivity index (χ1n) is 6.27. The molecule has 0 spiro atoms. The van der Waals surface area contributed by atoms with Crippen molar-refractivity contribution in [1.29, 1.82) is 0 Å². The van der Waals surface area contributed by atoms with Gasteiger partial charge in [-0.2, -0.15) is 9.40 Å². The monoisotopic (exact) mass is 291 g/mol. The summed E-state index contributed by atoms with van der Waals surface area (Å²) in [4.78, 5) is 0.138. The average molecular weight is 291 g/mol. The third kappa shape index (κ3) is 4.27. The molecule has 0 aromatic carbocycles. The summed E-state index contributed by atoms with van der Waals surface area (Å²) in [6, 6.07) is 0. The Morgan fingerprint density at radius 3 is 2.79 bits per heavy atom. The normalized spacial score (nSPS) is 12.2. The minimum absolute atomic E-state index is 0.0804. The summed E-state index contributed by atoms with van der Waals surface area (Å²) < 4.78 is 32.6. The molecule has 0 radical (unpaired) electrons. The molecule has 0 bridgehead atoms. The maximum Gasteiger partial charge on any atom is 0.246 e. The molecule has 1 aromatic heterocycles. The number of rotatable bonds is 9. The summed E-state index contributed by atoms with van der Waals surface area (Å²) in [6.45, 7) is 5.47. The molecule has 1 N–H and O–H groups in total. The molecule has 0 saturated carbocycles. The van der Waals surface area contributed by atoms with Crippen molar-refractivity contribution in [2.45, 2.75) is 25.3 Å². The van der Waals surface area contributed by atoms with Gasteiger partial charge in [0.05, 0.1) is 26.0 Å². The maximum absolute atomic E-state index is 12.3. The fraction of sp³-hybridized carbons (Fsp3) is 0.727. The van der Waals surface area contributed by atoms with Crippen molar-refractivity contribution in [3.63, 3.8) is 0 Å². The second-order valence-electron chi connectivity index (χ2n) is 3.86. The Bertz CT molecular complexity index is 472. The van der Waals surface area contributed by atoms with Crippen LogP contribution < -0.4 is 0 Å². The van der Waals surface area contributed by atoms with E-state index >= 15 is 0 Å². The predicted molar refractivity (Wildman–Crippen MR) is 70.2 cm³/mol. The summed E-state index contributed by atoms with van der Waals surface area (Å²) in [5.41, 5.74) is 0. The topological polar surface area (TPSA) is 84.7 Å². The predicted octanol–water partition coefficient (Wildman–Crippen LogP) is -0.0775. The molecule has 110 valence electrons. The number of aromatic nitrogens is 2. The van der Waals surface area contributed by atoms with Crippen molar-refractivity contribution in [2.75, 3.05) is 32.9 Å². The van der Waals surface area contributed by atoms with Crippen LogP contribution in [0.15, 0.2) is 17.3 Å². The van der Waals surface area contributed by atoms with Gasteiger partial charge >= 0.3 is 0 Å². The Hall–Kier alpha value is -0.960. The second-order valence-corrected chi connectivity index (χ2v) is 5.79. The van der Waals surface area contributed by atoms with Crippen molar-refractivity contribution in [3.05, 3.63) is 12.4 Å². The summed E-state index contributed by atoms with van der Waals surface area (Å²) in [5.74, 6) is 0. The van der Waals surface area contributed by atoms with Crippen LogP contribution in [0.25, 0.3) is 0 Å². The summed E-state index contributed by atoms with van der Waals surface area (Å²) >= 11 is 0. The SMILES string of the molecule is CCOCCN(CC)S(=O)(=O)c1cnn(CCO)c1. The highest BCUT2D eigenvalue weighted by atomic mass is 32.2. The van der Waals surface area contributed by atoms with Gasteiger partial charge in [0.25, 0.3) is 0 Å². The van der Waals surface area contributed by atoms with E-state index in [1.54, 1.807) is 6.92 Å². The van der Waals surface area contributed by atoms with Crippen LogP contribution in [-0.2, 0) is 21.3 Å². The van der Waals surface area contributed by atoms with E-state index in [0.717, 1.165) is 0 Å². The third-order valence-electron chi connectivity index (χ3n) is 2.62. The Labute approximate surface area is 113 Å². The maximum atomic E-state index is 12.3.